The van der Waals surface area contributed by atoms with E-state index in [0.717, 1.165) is 21.4 Å². The van der Waals surface area contributed by atoms with E-state index in [9.17, 15) is 14.4 Å². The van der Waals surface area contributed by atoms with Gasteiger partial charge in [-0.05, 0) is 61.4 Å². The number of esters is 1. The smallest absolute Gasteiger partial charge is 0.349 e. The molecule has 0 fully saturated rings. The maximum atomic E-state index is 12.3. The lowest BCUT2D eigenvalue weighted by Gasteiger charge is -2.09. The van der Waals surface area contributed by atoms with Gasteiger partial charge in [-0.25, -0.2) is 4.79 Å². The summed E-state index contributed by atoms with van der Waals surface area (Å²) in [6.45, 7) is 3.17. The Morgan fingerprint density at radius 2 is 1.90 bits per heavy atom. The number of rotatable bonds is 6. The van der Waals surface area contributed by atoms with Crippen LogP contribution >= 0.6 is 27.3 Å². The molecule has 0 bridgehead atoms. The van der Waals surface area contributed by atoms with Crippen molar-refractivity contribution in [3.05, 3.63) is 68.9 Å². The van der Waals surface area contributed by atoms with Crippen molar-refractivity contribution >= 4 is 55.7 Å². The zero-order chi connectivity index (χ0) is 21.0. The largest absolute Gasteiger partial charge is 0.459 e. The fourth-order valence-corrected chi connectivity index (χ4v) is 3.91. The molecule has 0 aliphatic rings. The Bertz CT molecular complexity index is 1060. The quantitative estimate of drug-likeness (QED) is 0.499. The molecule has 0 spiro atoms. The van der Waals surface area contributed by atoms with E-state index in [-0.39, 0.29) is 5.76 Å². The predicted molar refractivity (Wildman–Crippen MR) is 114 cm³/mol. The summed E-state index contributed by atoms with van der Waals surface area (Å²) in [6.07, 6.45) is 1.40. The number of furan rings is 1. The number of carbonyl (C=O) groups excluding carboxylic acids is 3. The number of aryl methyl sites for hydroxylation is 2. The minimum atomic E-state index is -0.631. The highest BCUT2D eigenvalue weighted by Crippen LogP contribution is 2.28. The molecule has 0 aliphatic carbocycles. The first kappa shape index (κ1) is 20.8. The van der Waals surface area contributed by atoms with Gasteiger partial charge in [0.2, 0.25) is 0 Å². The van der Waals surface area contributed by atoms with Gasteiger partial charge in [-0.3, -0.25) is 9.59 Å². The number of amides is 2. The van der Waals surface area contributed by atoms with Crippen molar-refractivity contribution < 1.29 is 23.5 Å². The first-order valence-corrected chi connectivity index (χ1v) is 10.1. The normalized spacial score (nSPS) is 10.4. The van der Waals surface area contributed by atoms with E-state index < -0.39 is 24.4 Å². The topological polar surface area (TPSA) is 97.6 Å². The van der Waals surface area contributed by atoms with Gasteiger partial charge in [0.15, 0.2) is 12.4 Å². The molecule has 0 aliphatic heterocycles. The van der Waals surface area contributed by atoms with Gasteiger partial charge in [-0.15, -0.1) is 11.3 Å². The van der Waals surface area contributed by atoms with Crippen LogP contribution in [0.2, 0.25) is 0 Å². The zero-order valence-corrected chi connectivity index (χ0v) is 18.0. The van der Waals surface area contributed by atoms with Gasteiger partial charge in [-0.1, -0.05) is 15.9 Å². The summed E-state index contributed by atoms with van der Waals surface area (Å²) in [6, 6.07) is 10.2. The minimum absolute atomic E-state index is 0.167. The standard InChI is InChI=1S/C20H17BrN2O5S/c1-11-8-13(21)5-6-14(11)22-16(24)10-28-20(26)18-12(2)9-17(29-18)23-19(25)15-4-3-7-27-15/h3-9H,10H2,1-2H3,(H,22,24)(H,23,25). The van der Waals surface area contributed by atoms with Crippen LogP contribution < -0.4 is 10.6 Å². The highest BCUT2D eigenvalue weighted by molar-refractivity contribution is 9.10. The molecule has 0 saturated heterocycles. The molecule has 2 amide bonds. The Hall–Kier alpha value is -2.91. The van der Waals surface area contributed by atoms with Crippen molar-refractivity contribution in [3.8, 4) is 0 Å². The molecule has 2 N–H and O–H groups in total. The highest BCUT2D eigenvalue weighted by atomic mass is 79.9. The zero-order valence-electron chi connectivity index (χ0n) is 15.6. The molecule has 150 valence electrons. The van der Waals surface area contributed by atoms with Crippen LogP contribution in [-0.2, 0) is 9.53 Å². The van der Waals surface area contributed by atoms with Crippen LogP contribution in [0.3, 0.4) is 0 Å². The van der Waals surface area contributed by atoms with E-state index in [1.165, 1.54) is 12.3 Å². The average molecular weight is 477 g/mol. The second-order valence-electron chi connectivity index (χ2n) is 6.14. The average Bonchev–Trinajstić information content (AvgIpc) is 3.32. The Labute approximate surface area is 179 Å². The number of halogens is 1. The van der Waals surface area contributed by atoms with Crippen molar-refractivity contribution in [1.82, 2.24) is 0 Å². The molecule has 0 unspecified atom stereocenters. The van der Waals surface area contributed by atoms with E-state index in [1.54, 1.807) is 25.1 Å². The summed E-state index contributed by atoms with van der Waals surface area (Å²) in [4.78, 5) is 36.8. The molecule has 2 aromatic heterocycles. The highest BCUT2D eigenvalue weighted by Gasteiger charge is 2.19. The van der Waals surface area contributed by atoms with Gasteiger partial charge in [0.1, 0.15) is 4.88 Å². The molecule has 1 aromatic carbocycles. The summed E-state index contributed by atoms with van der Waals surface area (Å²) in [5.41, 5.74) is 2.16. The van der Waals surface area contributed by atoms with Crippen LogP contribution in [0.15, 0.2) is 51.6 Å². The summed E-state index contributed by atoms with van der Waals surface area (Å²) in [5.74, 6) is -1.32. The number of hydrogen-bond donors (Lipinski definition) is 2. The molecule has 9 heteroatoms. The van der Waals surface area contributed by atoms with Gasteiger partial charge in [-0.2, -0.15) is 0 Å². The Kier molecular flexibility index (Phi) is 6.50. The van der Waals surface area contributed by atoms with Crippen LogP contribution in [0.4, 0.5) is 10.7 Å². The van der Waals surface area contributed by atoms with Crippen LogP contribution in [-0.4, -0.2) is 24.4 Å². The lowest BCUT2D eigenvalue weighted by Crippen LogP contribution is -2.21. The first-order chi connectivity index (χ1) is 13.8. The number of carbonyl (C=O) groups is 3. The van der Waals surface area contributed by atoms with E-state index in [2.05, 4.69) is 26.6 Å². The van der Waals surface area contributed by atoms with Crippen molar-refractivity contribution in [2.75, 3.05) is 17.2 Å². The molecular formula is C20H17BrN2O5S. The fourth-order valence-electron chi connectivity index (χ4n) is 2.48. The summed E-state index contributed by atoms with van der Waals surface area (Å²) in [7, 11) is 0. The fraction of sp³-hybridized carbons (Fsp3) is 0.150. The van der Waals surface area contributed by atoms with Crippen LogP contribution in [0.25, 0.3) is 0 Å². The van der Waals surface area contributed by atoms with Gasteiger partial charge in [0.05, 0.1) is 11.3 Å². The third-order valence-corrected chi connectivity index (χ3v) is 5.51. The molecule has 0 atom stereocenters. The summed E-state index contributed by atoms with van der Waals surface area (Å²) < 4.78 is 11.1. The van der Waals surface area contributed by atoms with Gasteiger partial charge >= 0.3 is 5.97 Å². The molecule has 7 nitrogen and oxygen atoms in total. The van der Waals surface area contributed by atoms with Crippen molar-refractivity contribution in [2.24, 2.45) is 0 Å². The van der Waals surface area contributed by atoms with E-state index >= 15 is 0 Å². The SMILES string of the molecule is Cc1cc(Br)ccc1NC(=O)COC(=O)c1sc(NC(=O)c2ccco2)cc1C. The minimum Gasteiger partial charge on any atom is -0.459 e. The molecule has 29 heavy (non-hydrogen) atoms. The maximum absolute atomic E-state index is 12.3. The maximum Gasteiger partial charge on any atom is 0.349 e. The molecule has 2 heterocycles. The summed E-state index contributed by atoms with van der Waals surface area (Å²) in [5, 5.41) is 5.85. The molecule has 3 aromatic rings. The van der Waals surface area contributed by atoms with Crippen LogP contribution in [0, 0.1) is 13.8 Å². The number of hydrogen-bond acceptors (Lipinski definition) is 6. The Morgan fingerprint density at radius 3 is 2.59 bits per heavy atom. The molecule has 0 radical (unpaired) electrons. The van der Waals surface area contributed by atoms with E-state index in [4.69, 9.17) is 9.15 Å². The van der Waals surface area contributed by atoms with E-state index in [0.29, 0.717) is 21.1 Å². The van der Waals surface area contributed by atoms with Crippen molar-refractivity contribution in [3.63, 3.8) is 0 Å². The summed E-state index contributed by atoms with van der Waals surface area (Å²) >= 11 is 4.43. The second kappa shape index (κ2) is 9.06. The second-order valence-corrected chi connectivity index (χ2v) is 8.11. The number of ether oxygens (including phenoxy) is 1. The predicted octanol–water partition coefficient (Wildman–Crippen LogP) is 4.77. The van der Waals surface area contributed by atoms with Gasteiger partial charge in [0.25, 0.3) is 11.8 Å². The molecule has 3 rings (SSSR count). The van der Waals surface area contributed by atoms with Gasteiger partial charge < -0.3 is 19.8 Å². The first-order valence-electron chi connectivity index (χ1n) is 8.52. The number of thiophene rings is 1. The monoisotopic (exact) mass is 476 g/mol. The van der Waals surface area contributed by atoms with Crippen molar-refractivity contribution in [2.45, 2.75) is 13.8 Å². The van der Waals surface area contributed by atoms with Gasteiger partial charge in [0, 0.05) is 10.2 Å². The lowest BCUT2D eigenvalue weighted by atomic mass is 10.2. The van der Waals surface area contributed by atoms with Crippen LogP contribution in [0.1, 0.15) is 31.4 Å². The van der Waals surface area contributed by atoms with Crippen molar-refractivity contribution in [1.29, 1.82) is 0 Å². The number of anilines is 2. The third-order valence-electron chi connectivity index (χ3n) is 3.88. The lowest BCUT2D eigenvalue weighted by molar-refractivity contribution is -0.119. The Morgan fingerprint density at radius 1 is 1.10 bits per heavy atom. The molecule has 0 saturated carbocycles. The van der Waals surface area contributed by atoms with Crippen LogP contribution in [0.5, 0.6) is 0 Å². The number of nitrogens with one attached hydrogen (secondary N) is 2. The molecular weight excluding hydrogens is 460 g/mol. The number of benzene rings is 1. The van der Waals surface area contributed by atoms with E-state index in [1.807, 2.05) is 19.1 Å². The third kappa shape index (κ3) is 5.33. The Balaban J connectivity index is 1.57.